The van der Waals surface area contributed by atoms with Gasteiger partial charge in [0.15, 0.2) is 0 Å². The van der Waals surface area contributed by atoms with Crippen molar-refractivity contribution in [2.45, 2.75) is 19.4 Å². The second kappa shape index (κ2) is 6.29. The molecule has 1 atom stereocenters. The van der Waals surface area contributed by atoms with E-state index in [1.54, 1.807) is 6.92 Å². The molecule has 0 radical (unpaired) electrons. The Kier molecular flexibility index (Phi) is 5.02. The molecule has 1 aromatic rings. The Hall–Kier alpha value is -1.50. The normalized spacial score (nSPS) is 12.1. The van der Waals surface area contributed by atoms with Crippen LogP contribution >= 0.6 is 11.8 Å². The van der Waals surface area contributed by atoms with Crippen LogP contribution in [-0.2, 0) is 4.79 Å². The molecular formula is C10H14N2O4S. The van der Waals surface area contributed by atoms with Crippen LogP contribution in [0.2, 0.25) is 0 Å². The lowest BCUT2D eigenvalue weighted by molar-refractivity contribution is -0.139. The van der Waals surface area contributed by atoms with Gasteiger partial charge in [-0.25, -0.2) is 9.78 Å². The molecule has 0 saturated carbocycles. The summed E-state index contributed by atoms with van der Waals surface area (Å²) in [6.45, 7) is 1.66. The lowest BCUT2D eigenvalue weighted by Crippen LogP contribution is -2.41. The number of hydrogen-bond acceptors (Lipinski definition) is 5. The van der Waals surface area contributed by atoms with Crippen molar-refractivity contribution in [2.75, 3.05) is 12.0 Å². The smallest absolute Gasteiger partial charge is 0.326 e. The Morgan fingerprint density at radius 3 is 2.82 bits per heavy atom. The minimum atomic E-state index is -1.06. The van der Waals surface area contributed by atoms with Gasteiger partial charge in [-0.1, -0.05) is 0 Å². The Morgan fingerprint density at radius 1 is 1.65 bits per heavy atom. The third-order valence-electron chi connectivity index (χ3n) is 2.03. The van der Waals surface area contributed by atoms with Gasteiger partial charge in [0.2, 0.25) is 0 Å². The summed E-state index contributed by atoms with van der Waals surface area (Å²) in [5.74, 6) is -0.617. The Labute approximate surface area is 103 Å². The first-order valence-corrected chi connectivity index (χ1v) is 6.39. The summed E-state index contributed by atoms with van der Waals surface area (Å²) in [6.07, 6.45) is 3.65. The molecule has 17 heavy (non-hydrogen) atoms. The van der Waals surface area contributed by atoms with Crippen LogP contribution in [0, 0.1) is 6.92 Å². The summed E-state index contributed by atoms with van der Waals surface area (Å²) in [5, 5.41) is 11.3. The van der Waals surface area contributed by atoms with Gasteiger partial charge >= 0.3 is 11.9 Å². The number of aliphatic carboxylic acids is 1. The van der Waals surface area contributed by atoms with E-state index in [2.05, 4.69) is 10.3 Å². The Balaban J connectivity index is 2.60. The summed E-state index contributed by atoms with van der Waals surface area (Å²) in [6, 6.07) is -0.915. The van der Waals surface area contributed by atoms with Crippen LogP contribution in [0.1, 0.15) is 22.9 Å². The van der Waals surface area contributed by atoms with Crippen LogP contribution < -0.4 is 5.32 Å². The predicted octanol–water partition coefficient (Wildman–Crippen LogP) is 0.919. The highest BCUT2D eigenvalue weighted by Gasteiger charge is 2.22. The highest BCUT2D eigenvalue weighted by atomic mass is 32.2. The van der Waals surface area contributed by atoms with Crippen LogP contribution in [0.5, 0.6) is 0 Å². The number of rotatable bonds is 6. The van der Waals surface area contributed by atoms with Gasteiger partial charge < -0.3 is 14.8 Å². The molecule has 1 heterocycles. The molecule has 1 amide bonds. The standard InChI is InChI=1S/C10H14N2O4S/c1-6-5-11-9(16-6)8(13)12-7(10(14)15)3-4-17-2/h5,7H,3-4H2,1-2H3,(H,12,13)(H,14,15)/t7-/m0/s1. The SMILES string of the molecule is CSCC[C@H](NC(=O)c1ncc(C)o1)C(=O)O. The molecule has 6 nitrogen and oxygen atoms in total. The number of thioether (sulfide) groups is 1. The van der Waals surface area contributed by atoms with Crippen molar-refractivity contribution in [2.24, 2.45) is 0 Å². The molecule has 0 fully saturated rings. The molecule has 94 valence electrons. The molecule has 1 rings (SSSR count). The monoisotopic (exact) mass is 258 g/mol. The first-order chi connectivity index (χ1) is 8.04. The summed E-state index contributed by atoms with van der Waals surface area (Å²) < 4.78 is 5.01. The fourth-order valence-corrected chi connectivity index (χ4v) is 1.64. The van der Waals surface area contributed by atoms with E-state index in [1.807, 2.05) is 6.26 Å². The minimum absolute atomic E-state index is 0.113. The molecule has 0 aliphatic carbocycles. The van der Waals surface area contributed by atoms with E-state index in [-0.39, 0.29) is 5.89 Å². The highest BCUT2D eigenvalue weighted by molar-refractivity contribution is 7.98. The number of amides is 1. The molecule has 7 heteroatoms. The zero-order chi connectivity index (χ0) is 12.8. The van der Waals surface area contributed by atoms with Crippen molar-refractivity contribution < 1.29 is 19.1 Å². The number of oxazole rings is 1. The zero-order valence-electron chi connectivity index (χ0n) is 9.60. The van der Waals surface area contributed by atoms with Gasteiger partial charge in [0.05, 0.1) is 6.20 Å². The fraction of sp³-hybridized carbons (Fsp3) is 0.500. The van der Waals surface area contributed by atoms with Crippen molar-refractivity contribution in [3.63, 3.8) is 0 Å². The number of nitrogens with one attached hydrogen (secondary N) is 1. The van der Waals surface area contributed by atoms with E-state index in [0.29, 0.717) is 17.9 Å². The third kappa shape index (κ3) is 4.10. The first kappa shape index (κ1) is 13.6. The highest BCUT2D eigenvalue weighted by Crippen LogP contribution is 2.05. The molecule has 0 spiro atoms. The lowest BCUT2D eigenvalue weighted by atomic mass is 10.2. The molecule has 1 aromatic heterocycles. The lowest BCUT2D eigenvalue weighted by Gasteiger charge is -2.12. The minimum Gasteiger partial charge on any atom is -0.480 e. The molecule has 0 unspecified atom stereocenters. The zero-order valence-corrected chi connectivity index (χ0v) is 10.4. The number of nitrogens with zero attached hydrogens (tertiary/aromatic N) is 1. The van der Waals surface area contributed by atoms with Gasteiger partial charge in [-0.3, -0.25) is 4.79 Å². The average molecular weight is 258 g/mol. The number of aryl methyl sites for hydroxylation is 1. The van der Waals surface area contributed by atoms with Gasteiger partial charge in [-0.2, -0.15) is 11.8 Å². The van der Waals surface area contributed by atoms with Crippen LogP contribution in [-0.4, -0.2) is 40.0 Å². The van der Waals surface area contributed by atoms with Crippen molar-refractivity contribution in [3.05, 3.63) is 17.8 Å². The largest absolute Gasteiger partial charge is 0.480 e. The quantitative estimate of drug-likeness (QED) is 0.788. The molecule has 0 aliphatic rings. The summed E-state index contributed by atoms with van der Waals surface area (Å²) in [7, 11) is 0. The summed E-state index contributed by atoms with van der Waals surface area (Å²) >= 11 is 1.52. The molecule has 0 saturated heterocycles. The number of carbonyl (C=O) groups excluding carboxylic acids is 1. The van der Waals surface area contributed by atoms with Crippen molar-refractivity contribution in [1.82, 2.24) is 10.3 Å². The molecule has 0 aromatic carbocycles. The molecule has 0 aliphatic heterocycles. The van der Waals surface area contributed by atoms with E-state index in [4.69, 9.17) is 9.52 Å². The van der Waals surface area contributed by atoms with Gasteiger partial charge in [0.25, 0.3) is 5.89 Å². The van der Waals surface area contributed by atoms with E-state index >= 15 is 0 Å². The number of carboxylic acids is 1. The van der Waals surface area contributed by atoms with E-state index in [9.17, 15) is 9.59 Å². The average Bonchev–Trinajstić information content (AvgIpc) is 2.70. The maximum atomic E-state index is 11.6. The van der Waals surface area contributed by atoms with Crippen LogP contribution in [0.25, 0.3) is 0 Å². The molecule has 0 bridgehead atoms. The van der Waals surface area contributed by atoms with E-state index < -0.39 is 17.9 Å². The number of aromatic nitrogens is 1. The van der Waals surface area contributed by atoms with Gasteiger partial charge in [-0.05, 0) is 25.4 Å². The second-order valence-electron chi connectivity index (χ2n) is 3.42. The van der Waals surface area contributed by atoms with E-state index in [1.165, 1.54) is 18.0 Å². The third-order valence-corrected chi connectivity index (χ3v) is 2.67. The van der Waals surface area contributed by atoms with Crippen LogP contribution in [0.3, 0.4) is 0 Å². The second-order valence-corrected chi connectivity index (χ2v) is 4.41. The van der Waals surface area contributed by atoms with Gasteiger partial charge in [-0.15, -0.1) is 0 Å². The molecule has 2 N–H and O–H groups in total. The Morgan fingerprint density at radius 2 is 2.35 bits per heavy atom. The fourth-order valence-electron chi connectivity index (χ4n) is 1.17. The summed E-state index contributed by atoms with van der Waals surface area (Å²) in [5.41, 5.74) is 0. The van der Waals surface area contributed by atoms with Gasteiger partial charge in [0.1, 0.15) is 11.8 Å². The van der Waals surface area contributed by atoms with Crippen molar-refractivity contribution >= 4 is 23.6 Å². The van der Waals surface area contributed by atoms with Crippen molar-refractivity contribution in [3.8, 4) is 0 Å². The maximum absolute atomic E-state index is 11.6. The summed E-state index contributed by atoms with van der Waals surface area (Å²) in [4.78, 5) is 26.2. The molecular weight excluding hydrogens is 244 g/mol. The van der Waals surface area contributed by atoms with E-state index in [0.717, 1.165) is 0 Å². The van der Waals surface area contributed by atoms with Crippen LogP contribution in [0.4, 0.5) is 0 Å². The number of hydrogen-bond donors (Lipinski definition) is 2. The maximum Gasteiger partial charge on any atom is 0.326 e. The topological polar surface area (TPSA) is 92.4 Å². The number of carbonyl (C=O) groups is 2. The predicted molar refractivity (Wildman–Crippen MR) is 63.1 cm³/mol. The number of carboxylic acid groups (broad SMARTS) is 1. The van der Waals surface area contributed by atoms with Gasteiger partial charge in [0, 0.05) is 0 Å². The van der Waals surface area contributed by atoms with Crippen molar-refractivity contribution in [1.29, 1.82) is 0 Å². The van der Waals surface area contributed by atoms with Crippen LogP contribution in [0.15, 0.2) is 10.6 Å². The first-order valence-electron chi connectivity index (χ1n) is 4.99. The Bertz CT molecular complexity index is 405.